The molecule has 2 fully saturated rings. The average Bonchev–Trinajstić information content (AvgIpc) is 3.43. The van der Waals surface area contributed by atoms with Crippen LogP contribution in [0.15, 0.2) is 53.7 Å². The fourth-order valence-electron chi connectivity index (χ4n) is 4.43. The van der Waals surface area contributed by atoms with Gasteiger partial charge < -0.3 is 0 Å². The van der Waals surface area contributed by atoms with Crippen molar-refractivity contribution in [3.63, 3.8) is 0 Å². The first kappa shape index (κ1) is 18.2. The van der Waals surface area contributed by atoms with Gasteiger partial charge in [-0.2, -0.15) is 8.61 Å². The molecule has 1 saturated carbocycles. The van der Waals surface area contributed by atoms with E-state index >= 15 is 0 Å². The molecule has 1 aromatic heterocycles. The molecule has 5 rings (SSSR count). The second kappa shape index (κ2) is 6.09. The first-order valence-electron chi connectivity index (χ1n) is 9.36. The highest BCUT2D eigenvalue weighted by Gasteiger charge is 2.59. The normalized spacial score (nSPS) is 27.3. The molecule has 0 bridgehead atoms. The number of sulfonamides is 2. The van der Waals surface area contributed by atoms with Crippen molar-refractivity contribution < 1.29 is 16.8 Å². The summed E-state index contributed by atoms with van der Waals surface area (Å²) in [5.41, 5.74) is 0.613. The number of hydrogen-bond donors (Lipinski definition) is 0. The third-order valence-electron chi connectivity index (χ3n) is 6.00. The van der Waals surface area contributed by atoms with E-state index in [2.05, 4.69) is 4.98 Å². The largest absolute Gasteiger partial charge is 0.264 e. The number of benzene rings is 1. The minimum atomic E-state index is -3.73. The van der Waals surface area contributed by atoms with Crippen molar-refractivity contribution in [2.24, 2.45) is 0 Å². The number of pyridine rings is 1. The minimum absolute atomic E-state index is 0.169. The molecule has 1 unspecified atom stereocenters. The molecule has 1 spiro atoms. The highest BCUT2D eigenvalue weighted by atomic mass is 32.2. The van der Waals surface area contributed by atoms with Gasteiger partial charge in [0.25, 0.3) is 0 Å². The fraction of sp³-hybridized carbons (Fsp3) is 0.421. The van der Waals surface area contributed by atoms with Gasteiger partial charge in [-0.3, -0.25) is 4.98 Å². The summed E-state index contributed by atoms with van der Waals surface area (Å²) in [6.07, 6.45) is 5.14. The summed E-state index contributed by atoms with van der Waals surface area (Å²) in [6, 6.07) is 10.6. The Balaban J connectivity index is 1.61. The number of nitrogens with zero attached hydrogens (tertiary/aromatic N) is 3. The van der Waals surface area contributed by atoms with E-state index in [-0.39, 0.29) is 23.2 Å². The van der Waals surface area contributed by atoms with Crippen molar-refractivity contribution in [1.29, 1.82) is 0 Å². The molecule has 9 heteroatoms. The Morgan fingerprint density at radius 2 is 1.93 bits per heavy atom. The van der Waals surface area contributed by atoms with E-state index in [0.717, 1.165) is 5.56 Å². The van der Waals surface area contributed by atoms with Crippen molar-refractivity contribution in [3.8, 4) is 0 Å². The van der Waals surface area contributed by atoms with E-state index in [1.807, 2.05) is 18.2 Å². The monoisotopic (exact) mass is 419 g/mol. The van der Waals surface area contributed by atoms with Crippen molar-refractivity contribution in [2.45, 2.75) is 41.5 Å². The molecule has 148 valence electrons. The molecule has 1 aliphatic carbocycles. The summed E-state index contributed by atoms with van der Waals surface area (Å²) in [7, 11) is -7.09. The van der Waals surface area contributed by atoms with Gasteiger partial charge in [-0.05, 0) is 42.5 Å². The van der Waals surface area contributed by atoms with Crippen molar-refractivity contribution in [3.05, 3.63) is 59.9 Å². The van der Waals surface area contributed by atoms with Crippen LogP contribution in [0, 0.1) is 0 Å². The zero-order valence-corrected chi connectivity index (χ0v) is 16.9. The summed E-state index contributed by atoms with van der Waals surface area (Å²) in [5, 5.41) is -0.303. The van der Waals surface area contributed by atoms with Gasteiger partial charge in [-0.15, -0.1) is 0 Å². The molecule has 0 amide bonds. The lowest BCUT2D eigenvalue weighted by molar-refractivity contribution is 0.203. The molecule has 2 aromatic rings. The summed E-state index contributed by atoms with van der Waals surface area (Å²) >= 11 is 0. The smallest absolute Gasteiger partial charge is 0.244 e. The van der Waals surface area contributed by atoms with Crippen LogP contribution in [0.1, 0.15) is 30.4 Å². The van der Waals surface area contributed by atoms with Gasteiger partial charge in [0.2, 0.25) is 20.0 Å². The van der Waals surface area contributed by atoms with E-state index in [0.29, 0.717) is 31.4 Å². The van der Waals surface area contributed by atoms with Crippen LogP contribution in [0.2, 0.25) is 0 Å². The zero-order valence-electron chi connectivity index (χ0n) is 15.2. The topological polar surface area (TPSA) is 87.7 Å². The van der Waals surface area contributed by atoms with E-state index in [1.165, 1.54) is 8.61 Å². The Bertz CT molecular complexity index is 1130. The standard InChI is InChI=1S/C19H21N3O4S2/c23-27(24,16-7-8-16)21-11-9-19(14-21)17-5-1-2-6-18(17)28(25,26)22(19)13-15-4-3-10-20-12-15/h1-6,10,12,16H,7-9,11,13-14H2. The SMILES string of the molecule is O=S1(=O)c2ccccc2C2(CCN(S(=O)(=O)C3CC3)C2)N1Cc1cccnc1. The van der Waals surface area contributed by atoms with Crippen LogP contribution < -0.4 is 0 Å². The van der Waals surface area contributed by atoms with Gasteiger partial charge in [0.15, 0.2) is 0 Å². The maximum Gasteiger partial charge on any atom is 0.244 e. The molecular formula is C19H21N3O4S2. The molecule has 2 aliphatic heterocycles. The molecule has 3 aliphatic rings. The van der Waals surface area contributed by atoms with Crippen molar-refractivity contribution >= 4 is 20.0 Å². The lowest BCUT2D eigenvalue weighted by atomic mass is 9.89. The number of rotatable bonds is 4. The van der Waals surface area contributed by atoms with Gasteiger partial charge in [-0.1, -0.05) is 24.3 Å². The fourth-order valence-corrected chi connectivity index (χ4v) is 8.37. The van der Waals surface area contributed by atoms with Gasteiger partial charge >= 0.3 is 0 Å². The Morgan fingerprint density at radius 1 is 1.14 bits per heavy atom. The Hall–Kier alpha value is -1.81. The predicted molar refractivity (Wildman–Crippen MR) is 103 cm³/mol. The molecule has 0 radical (unpaired) electrons. The molecule has 3 heterocycles. The molecule has 1 saturated heterocycles. The quantitative estimate of drug-likeness (QED) is 0.752. The van der Waals surface area contributed by atoms with Crippen molar-refractivity contribution in [2.75, 3.05) is 13.1 Å². The molecule has 28 heavy (non-hydrogen) atoms. The Morgan fingerprint density at radius 3 is 2.64 bits per heavy atom. The van der Waals surface area contributed by atoms with E-state index in [9.17, 15) is 16.8 Å². The van der Waals surface area contributed by atoms with Crippen LogP contribution in [-0.4, -0.2) is 48.8 Å². The van der Waals surface area contributed by atoms with Crippen LogP contribution in [-0.2, 0) is 32.1 Å². The molecule has 0 N–H and O–H groups in total. The Labute approximate surface area is 165 Å². The highest BCUT2D eigenvalue weighted by molar-refractivity contribution is 7.90. The highest BCUT2D eigenvalue weighted by Crippen LogP contribution is 2.51. The first-order valence-corrected chi connectivity index (χ1v) is 12.3. The van der Waals surface area contributed by atoms with E-state index in [1.54, 1.807) is 30.6 Å². The van der Waals surface area contributed by atoms with Crippen LogP contribution in [0.25, 0.3) is 0 Å². The summed E-state index contributed by atoms with van der Waals surface area (Å²) in [5.74, 6) is 0. The van der Waals surface area contributed by atoms with Crippen LogP contribution in [0.4, 0.5) is 0 Å². The summed E-state index contributed by atoms with van der Waals surface area (Å²) in [6.45, 7) is 0.677. The number of hydrogen-bond acceptors (Lipinski definition) is 5. The lowest BCUT2D eigenvalue weighted by Crippen LogP contribution is -2.46. The van der Waals surface area contributed by atoms with Crippen LogP contribution in [0.3, 0.4) is 0 Å². The minimum Gasteiger partial charge on any atom is -0.264 e. The third-order valence-corrected chi connectivity index (χ3v) is 10.3. The zero-order chi connectivity index (χ0) is 19.6. The maximum absolute atomic E-state index is 13.4. The van der Waals surface area contributed by atoms with Gasteiger partial charge in [0.05, 0.1) is 15.7 Å². The van der Waals surface area contributed by atoms with Crippen LogP contribution >= 0.6 is 0 Å². The van der Waals surface area contributed by atoms with Crippen molar-refractivity contribution in [1.82, 2.24) is 13.6 Å². The maximum atomic E-state index is 13.4. The molecule has 1 aromatic carbocycles. The van der Waals surface area contributed by atoms with Gasteiger partial charge in [0, 0.05) is 32.0 Å². The molecular weight excluding hydrogens is 398 g/mol. The van der Waals surface area contributed by atoms with E-state index in [4.69, 9.17) is 0 Å². The second-order valence-electron chi connectivity index (χ2n) is 7.73. The molecule has 7 nitrogen and oxygen atoms in total. The van der Waals surface area contributed by atoms with Gasteiger partial charge in [0.1, 0.15) is 0 Å². The first-order chi connectivity index (χ1) is 13.4. The predicted octanol–water partition coefficient (Wildman–Crippen LogP) is 1.68. The Kier molecular flexibility index (Phi) is 3.97. The lowest BCUT2D eigenvalue weighted by Gasteiger charge is -2.34. The number of aromatic nitrogens is 1. The van der Waals surface area contributed by atoms with Crippen LogP contribution in [0.5, 0.6) is 0 Å². The van der Waals surface area contributed by atoms with Gasteiger partial charge in [-0.25, -0.2) is 16.8 Å². The summed E-state index contributed by atoms with van der Waals surface area (Å²) in [4.78, 5) is 4.38. The van der Waals surface area contributed by atoms with E-state index < -0.39 is 25.6 Å². The summed E-state index contributed by atoms with van der Waals surface area (Å²) < 4.78 is 55.4. The third kappa shape index (κ3) is 2.57. The average molecular weight is 420 g/mol. The number of fused-ring (bicyclic) bond motifs is 2. The second-order valence-corrected chi connectivity index (χ2v) is 11.8. The molecule has 1 atom stereocenters.